The molecule has 3 aromatic rings. The number of hydrogen-bond donors (Lipinski definition) is 4. The second-order valence-electron chi connectivity index (χ2n) is 5.96. The third-order valence-corrected chi connectivity index (χ3v) is 4.21. The minimum Gasteiger partial charge on any atom is -0.491 e. The van der Waals surface area contributed by atoms with E-state index in [9.17, 15) is 20.1 Å². The Labute approximate surface area is 145 Å². The molecular formula is C14H16N6O6. The number of imidazole rings is 1. The van der Waals surface area contributed by atoms with Gasteiger partial charge in [0.25, 0.3) is 5.88 Å². The molecule has 0 aliphatic carbocycles. The number of hydrogen-bond acceptors (Lipinski definition) is 10. The Morgan fingerprint density at radius 2 is 2.23 bits per heavy atom. The van der Waals surface area contributed by atoms with Crippen molar-refractivity contribution in [1.29, 1.82) is 0 Å². The molecule has 12 heteroatoms. The predicted molar refractivity (Wildman–Crippen MR) is 85.1 cm³/mol. The molecule has 1 aliphatic rings. The smallest absolute Gasteiger partial charge is 0.333 e. The minimum absolute atomic E-state index is 0.0462. The Morgan fingerprint density at radius 3 is 2.88 bits per heavy atom. The number of nitrogens with two attached hydrogens (primary N) is 1. The van der Waals surface area contributed by atoms with Crippen molar-refractivity contribution in [2.75, 3.05) is 12.3 Å². The molecule has 1 fully saturated rings. The highest BCUT2D eigenvalue weighted by Crippen LogP contribution is 2.30. The highest BCUT2D eigenvalue weighted by molar-refractivity contribution is 5.72. The Bertz CT molecular complexity index is 1010. The summed E-state index contributed by atoms with van der Waals surface area (Å²) in [6, 6.07) is 1.27. The monoisotopic (exact) mass is 364 g/mol. The van der Waals surface area contributed by atoms with Crippen LogP contribution in [-0.4, -0.2) is 58.4 Å². The number of aromatic nitrogens is 5. The highest BCUT2D eigenvalue weighted by Gasteiger charge is 2.37. The van der Waals surface area contributed by atoms with Gasteiger partial charge in [0.2, 0.25) is 5.95 Å². The molecule has 0 aromatic carbocycles. The molecule has 1 aliphatic heterocycles. The van der Waals surface area contributed by atoms with Crippen LogP contribution >= 0.6 is 0 Å². The van der Waals surface area contributed by atoms with Crippen LogP contribution in [0.5, 0.6) is 5.88 Å². The summed E-state index contributed by atoms with van der Waals surface area (Å²) in [5.74, 6) is -0.119. The lowest BCUT2D eigenvalue weighted by molar-refractivity contribution is -0.0505. The van der Waals surface area contributed by atoms with Crippen molar-refractivity contribution < 1.29 is 24.6 Å². The first-order valence-corrected chi connectivity index (χ1v) is 7.80. The third kappa shape index (κ3) is 2.60. The lowest BCUT2D eigenvalue weighted by atomic mass is 10.2. The Hall–Kier alpha value is -2.96. The zero-order chi connectivity index (χ0) is 18.4. The highest BCUT2D eigenvalue weighted by atomic mass is 16.5. The molecule has 3 aromatic heterocycles. The molecule has 12 nitrogen and oxygen atoms in total. The van der Waals surface area contributed by atoms with E-state index in [1.54, 1.807) is 0 Å². The van der Waals surface area contributed by atoms with Gasteiger partial charge in [-0.05, 0) is 5.16 Å². The summed E-state index contributed by atoms with van der Waals surface area (Å²) in [5.41, 5.74) is 5.61. The molecule has 5 N–H and O–H groups in total. The first kappa shape index (κ1) is 16.5. The van der Waals surface area contributed by atoms with Crippen molar-refractivity contribution in [3.8, 4) is 5.88 Å². The number of fused-ring (bicyclic) bond motifs is 1. The van der Waals surface area contributed by atoms with E-state index >= 15 is 0 Å². The first-order valence-electron chi connectivity index (χ1n) is 7.80. The zero-order valence-corrected chi connectivity index (χ0v) is 13.4. The minimum atomic E-state index is -1.03. The number of aliphatic hydroxyl groups is 2. The van der Waals surface area contributed by atoms with Crippen LogP contribution in [0.4, 0.5) is 5.95 Å². The van der Waals surface area contributed by atoms with E-state index in [-0.39, 0.29) is 42.8 Å². The maximum Gasteiger partial charge on any atom is 0.333 e. The van der Waals surface area contributed by atoms with Crippen molar-refractivity contribution in [2.24, 2.45) is 0 Å². The maximum absolute atomic E-state index is 13.0. The van der Waals surface area contributed by atoms with Crippen molar-refractivity contribution >= 4 is 17.1 Å². The van der Waals surface area contributed by atoms with Crippen LogP contribution in [0.25, 0.3) is 11.2 Å². The van der Waals surface area contributed by atoms with Gasteiger partial charge in [-0.25, -0.2) is 14.3 Å². The molecule has 0 amide bonds. The maximum atomic E-state index is 13.0. The molecule has 26 heavy (non-hydrogen) atoms. The number of aromatic hydroxyl groups is 1. The lowest BCUT2D eigenvalue weighted by Gasteiger charge is -2.15. The molecule has 0 spiro atoms. The lowest BCUT2D eigenvalue weighted by Crippen LogP contribution is -2.32. The molecular weight excluding hydrogens is 348 g/mol. The summed E-state index contributed by atoms with van der Waals surface area (Å²) >= 11 is 0. The van der Waals surface area contributed by atoms with E-state index in [1.165, 1.54) is 21.4 Å². The van der Waals surface area contributed by atoms with Gasteiger partial charge in [0, 0.05) is 12.5 Å². The summed E-state index contributed by atoms with van der Waals surface area (Å²) in [6.45, 7) is -0.329. The van der Waals surface area contributed by atoms with Gasteiger partial charge in [-0.1, -0.05) is 0 Å². The van der Waals surface area contributed by atoms with Crippen LogP contribution < -0.4 is 11.4 Å². The molecule has 138 valence electrons. The van der Waals surface area contributed by atoms with Gasteiger partial charge >= 0.3 is 5.69 Å². The van der Waals surface area contributed by atoms with E-state index in [4.69, 9.17) is 15.0 Å². The van der Waals surface area contributed by atoms with Gasteiger partial charge in [-0.15, -0.1) is 0 Å². The second-order valence-corrected chi connectivity index (χ2v) is 5.96. The van der Waals surface area contributed by atoms with Gasteiger partial charge in [0.15, 0.2) is 17.6 Å². The van der Waals surface area contributed by atoms with E-state index in [0.29, 0.717) is 5.52 Å². The van der Waals surface area contributed by atoms with E-state index in [0.717, 1.165) is 0 Å². The number of nitrogens with zero attached hydrogens (tertiary/aromatic N) is 5. The summed E-state index contributed by atoms with van der Waals surface area (Å²) in [4.78, 5) is 21.0. The van der Waals surface area contributed by atoms with Crippen molar-refractivity contribution in [3.63, 3.8) is 0 Å². The van der Waals surface area contributed by atoms with Gasteiger partial charge in [-0.2, -0.15) is 4.98 Å². The Kier molecular flexibility index (Phi) is 3.86. The number of anilines is 1. The standard InChI is InChI=1S/C14H16N6O6/c15-13-16-3-8-11(17-13)20(12-9(22)1-7(5-21)25-12)14(24)19(8)4-6-2-10(23)18-26-6/h2-3,7,9,12,21-22H,1,4-5H2,(H,18,23)(H2,15,16,17)/t7-,9+,12+/m0/s1. The van der Waals surface area contributed by atoms with Gasteiger partial charge in [0.05, 0.1) is 25.5 Å². The quantitative estimate of drug-likeness (QED) is 0.429. The number of rotatable bonds is 4. The van der Waals surface area contributed by atoms with Gasteiger partial charge in [-0.3, -0.25) is 4.57 Å². The second kappa shape index (κ2) is 6.09. The molecule has 4 rings (SSSR count). The molecule has 0 unspecified atom stereocenters. The SMILES string of the molecule is Nc1ncc2c(n1)n([C@@H]1O[C@H](CO)C[C@H]1O)c(=O)n2Cc1cc(O)no1. The average Bonchev–Trinajstić information content (AvgIpc) is 3.25. The Morgan fingerprint density at radius 1 is 1.42 bits per heavy atom. The molecule has 0 saturated carbocycles. The average molecular weight is 364 g/mol. The van der Waals surface area contributed by atoms with Crippen LogP contribution in [0.1, 0.15) is 18.4 Å². The summed E-state index contributed by atoms with van der Waals surface area (Å²) in [5, 5.41) is 32.2. The van der Waals surface area contributed by atoms with Crippen LogP contribution in [0.3, 0.4) is 0 Å². The number of nitrogen functional groups attached to an aromatic ring is 1. The zero-order valence-electron chi connectivity index (χ0n) is 13.4. The van der Waals surface area contributed by atoms with Gasteiger partial charge in [0.1, 0.15) is 11.6 Å². The molecule has 0 bridgehead atoms. The summed E-state index contributed by atoms with van der Waals surface area (Å²) in [7, 11) is 0. The molecule has 4 heterocycles. The largest absolute Gasteiger partial charge is 0.491 e. The van der Waals surface area contributed by atoms with Crippen molar-refractivity contribution in [3.05, 3.63) is 28.5 Å². The van der Waals surface area contributed by atoms with Gasteiger partial charge < -0.3 is 30.3 Å². The number of ether oxygens (including phenoxy) is 1. The van der Waals surface area contributed by atoms with E-state index < -0.39 is 24.1 Å². The summed E-state index contributed by atoms with van der Waals surface area (Å²) < 4.78 is 13.0. The van der Waals surface area contributed by atoms with Crippen LogP contribution in [0, 0.1) is 0 Å². The van der Waals surface area contributed by atoms with E-state index in [1.807, 2.05) is 0 Å². The predicted octanol–water partition coefficient (Wildman–Crippen LogP) is -1.44. The third-order valence-electron chi connectivity index (χ3n) is 4.21. The van der Waals surface area contributed by atoms with Crippen LogP contribution in [0.2, 0.25) is 0 Å². The fourth-order valence-electron chi connectivity index (χ4n) is 3.07. The summed E-state index contributed by atoms with van der Waals surface area (Å²) in [6.07, 6.45) is -1.08. The number of aliphatic hydroxyl groups excluding tert-OH is 2. The molecule has 1 saturated heterocycles. The topological polar surface area (TPSA) is 175 Å². The Balaban J connectivity index is 1.86. The van der Waals surface area contributed by atoms with Crippen LogP contribution in [-0.2, 0) is 11.3 Å². The fraction of sp³-hybridized carbons (Fsp3) is 0.429. The molecule has 3 atom stereocenters. The molecule has 0 radical (unpaired) electrons. The first-order chi connectivity index (χ1) is 12.5. The van der Waals surface area contributed by atoms with Crippen LogP contribution in [0.15, 0.2) is 21.6 Å². The van der Waals surface area contributed by atoms with Crippen molar-refractivity contribution in [1.82, 2.24) is 24.3 Å². The normalized spacial score (nSPS) is 23.1. The van der Waals surface area contributed by atoms with E-state index in [2.05, 4.69) is 15.1 Å². The van der Waals surface area contributed by atoms with Crippen molar-refractivity contribution in [2.45, 2.75) is 31.4 Å². The fourth-order valence-corrected chi connectivity index (χ4v) is 3.07.